The lowest BCUT2D eigenvalue weighted by Gasteiger charge is -2.35. The molecule has 0 radical (unpaired) electrons. The topological polar surface area (TPSA) is 40.9 Å². The molecule has 0 bridgehead atoms. The molecule has 1 aliphatic heterocycles. The second-order valence-corrected chi connectivity index (χ2v) is 9.14. The van der Waals surface area contributed by atoms with E-state index in [0.717, 1.165) is 55.2 Å². The molecule has 2 heterocycles. The third-order valence-electron chi connectivity index (χ3n) is 6.77. The predicted molar refractivity (Wildman–Crippen MR) is 138 cm³/mol. The Morgan fingerprint density at radius 1 is 0.794 bits per heavy atom. The van der Waals surface area contributed by atoms with Crippen LogP contribution < -0.4 is 4.74 Å². The van der Waals surface area contributed by atoms with Gasteiger partial charge in [0.25, 0.3) is 0 Å². The third-order valence-corrected chi connectivity index (χ3v) is 6.77. The number of piperazine rings is 1. The standard InChI is InChI=1S/C29H33N3O2/c1-34-27-13-11-24(12-14-27)29-19-25-9-5-6-10-28(25)32(29)22-26(33)21-31-17-15-30(16-18-31)20-23-7-3-2-4-8-23/h2-14,19,26,33H,15-18,20-22H2,1H3/t26-/m1/s1. The van der Waals surface area contributed by atoms with Crippen LogP contribution in [0.5, 0.6) is 5.75 Å². The molecule has 1 aromatic heterocycles. The van der Waals surface area contributed by atoms with Crippen LogP contribution in [0.4, 0.5) is 0 Å². The molecule has 1 atom stereocenters. The maximum Gasteiger partial charge on any atom is 0.118 e. The van der Waals surface area contributed by atoms with Gasteiger partial charge in [-0.1, -0.05) is 48.5 Å². The Balaban J connectivity index is 1.25. The highest BCUT2D eigenvalue weighted by atomic mass is 16.5. The van der Waals surface area contributed by atoms with Gasteiger partial charge < -0.3 is 14.4 Å². The van der Waals surface area contributed by atoms with Crippen LogP contribution in [0.1, 0.15) is 5.56 Å². The molecule has 0 amide bonds. The summed E-state index contributed by atoms with van der Waals surface area (Å²) in [6, 6.07) is 29.4. The predicted octanol–water partition coefficient (Wildman–Crippen LogP) is 4.50. The lowest BCUT2D eigenvalue weighted by molar-refractivity contribution is 0.0630. The van der Waals surface area contributed by atoms with Crippen molar-refractivity contribution >= 4 is 10.9 Å². The summed E-state index contributed by atoms with van der Waals surface area (Å²) >= 11 is 0. The number of hydrogen-bond donors (Lipinski definition) is 1. The summed E-state index contributed by atoms with van der Waals surface area (Å²) in [6.07, 6.45) is -0.437. The molecule has 176 valence electrons. The Morgan fingerprint density at radius 3 is 2.21 bits per heavy atom. The highest BCUT2D eigenvalue weighted by Gasteiger charge is 2.21. The monoisotopic (exact) mass is 455 g/mol. The van der Waals surface area contributed by atoms with E-state index < -0.39 is 6.10 Å². The smallest absolute Gasteiger partial charge is 0.118 e. The average Bonchev–Trinajstić information content (AvgIpc) is 3.24. The summed E-state index contributed by atoms with van der Waals surface area (Å²) in [6.45, 7) is 6.30. The lowest BCUT2D eigenvalue weighted by Crippen LogP contribution is -2.48. The van der Waals surface area contributed by atoms with Crippen LogP contribution in [0.15, 0.2) is 84.9 Å². The molecule has 4 aromatic rings. The van der Waals surface area contributed by atoms with Gasteiger partial charge in [0.15, 0.2) is 0 Å². The maximum atomic E-state index is 11.1. The van der Waals surface area contributed by atoms with Crippen molar-refractivity contribution in [3.63, 3.8) is 0 Å². The molecule has 5 nitrogen and oxygen atoms in total. The Morgan fingerprint density at radius 2 is 1.47 bits per heavy atom. The van der Waals surface area contributed by atoms with Gasteiger partial charge in [0.1, 0.15) is 5.75 Å². The molecule has 0 unspecified atom stereocenters. The summed E-state index contributed by atoms with van der Waals surface area (Å²) in [4.78, 5) is 4.89. The number of aliphatic hydroxyl groups excluding tert-OH is 1. The molecule has 1 saturated heterocycles. The fourth-order valence-corrected chi connectivity index (χ4v) is 4.95. The molecule has 1 N–H and O–H groups in total. The molecule has 1 aliphatic rings. The fourth-order valence-electron chi connectivity index (χ4n) is 4.95. The van der Waals surface area contributed by atoms with E-state index in [1.807, 2.05) is 12.1 Å². The Kier molecular flexibility index (Phi) is 6.95. The molecule has 3 aromatic carbocycles. The van der Waals surface area contributed by atoms with E-state index in [2.05, 4.69) is 87.2 Å². The van der Waals surface area contributed by atoms with Gasteiger partial charge in [0, 0.05) is 55.9 Å². The minimum absolute atomic E-state index is 0.437. The van der Waals surface area contributed by atoms with Crippen molar-refractivity contribution in [3.8, 4) is 17.0 Å². The summed E-state index contributed by atoms with van der Waals surface area (Å²) in [7, 11) is 1.68. The number of ether oxygens (including phenoxy) is 1. The van der Waals surface area contributed by atoms with Gasteiger partial charge >= 0.3 is 0 Å². The Bertz CT molecular complexity index is 1200. The van der Waals surface area contributed by atoms with E-state index in [1.54, 1.807) is 7.11 Å². The number of nitrogens with zero attached hydrogens (tertiary/aromatic N) is 3. The molecular formula is C29H33N3O2. The van der Waals surface area contributed by atoms with Crippen LogP contribution in [-0.2, 0) is 13.1 Å². The van der Waals surface area contributed by atoms with Crippen LogP contribution >= 0.6 is 0 Å². The molecule has 0 saturated carbocycles. The van der Waals surface area contributed by atoms with E-state index in [9.17, 15) is 5.11 Å². The van der Waals surface area contributed by atoms with Crippen molar-refractivity contribution in [1.29, 1.82) is 0 Å². The molecule has 5 rings (SSSR count). The lowest BCUT2D eigenvalue weighted by atomic mass is 10.1. The quantitative estimate of drug-likeness (QED) is 0.425. The van der Waals surface area contributed by atoms with Crippen molar-refractivity contribution in [2.24, 2.45) is 0 Å². The van der Waals surface area contributed by atoms with Crippen LogP contribution in [0.25, 0.3) is 22.2 Å². The van der Waals surface area contributed by atoms with Gasteiger partial charge in [-0.15, -0.1) is 0 Å². The van der Waals surface area contributed by atoms with Crippen LogP contribution in [0, 0.1) is 0 Å². The summed E-state index contributed by atoms with van der Waals surface area (Å²) in [5, 5.41) is 12.3. The zero-order valence-electron chi connectivity index (χ0n) is 19.8. The fraction of sp³-hybridized carbons (Fsp3) is 0.310. The van der Waals surface area contributed by atoms with Crippen molar-refractivity contribution in [2.45, 2.75) is 19.2 Å². The van der Waals surface area contributed by atoms with E-state index in [1.165, 1.54) is 10.9 Å². The van der Waals surface area contributed by atoms with Crippen molar-refractivity contribution in [3.05, 3.63) is 90.5 Å². The zero-order valence-corrected chi connectivity index (χ0v) is 19.8. The van der Waals surface area contributed by atoms with E-state index in [0.29, 0.717) is 13.1 Å². The number of hydrogen-bond acceptors (Lipinski definition) is 4. The number of β-amino-alcohol motifs (C(OH)–C–C–N with tert-alkyl or cyclic N) is 1. The Labute approximate surface area is 201 Å². The van der Waals surface area contributed by atoms with Gasteiger partial charge in [-0.05, 0) is 47.5 Å². The summed E-state index contributed by atoms with van der Waals surface area (Å²) < 4.78 is 7.59. The zero-order chi connectivity index (χ0) is 23.3. The van der Waals surface area contributed by atoms with Crippen molar-refractivity contribution in [1.82, 2.24) is 14.4 Å². The highest BCUT2D eigenvalue weighted by Crippen LogP contribution is 2.30. The number of aromatic nitrogens is 1. The summed E-state index contributed by atoms with van der Waals surface area (Å²) in [5.41, 5.74) is 4.76. The van der Waals surface area contributed by atoms with Gasteiger partial charge in [-0.3, -0.25) is 9.80 Å². The molecular weight excluding hydrogens is 422 g/mol. The molecule has 1 fully saturated rings. The number of fused-ring (bicyclic) bond motifs is 1. The molecule has 0 aliphatic carbocycles. The molecule has 5 heteroatoms. The number of aliphatic hydroxyl groups is 1. The second kappa shape index (κ2) is 10.4. The minimum Gasteiger partial charge on any atom is -0.497 e. The third kappa shape index (κ3) is 5.17. The average molecular weight is 456 g/mol. The highest BCUT2D eigenvalue weighted by molar-refractivity contribution is 5.87. The number of para-hydroxylation sites is 1. The largest absolute Gasteiger partial charge is 0.497 e. The first-order valence-electron chi connectivity index (χ1n) is 12.1. The van der Waals surface area contributed by atoms with Gasteiger partial charge in [-0.25, -0.2) is 0 Å². The summed E-state index contributed by atoms with van der Waals surface area (Å²) in [5.74, 6) is 0.845. The van der Waals surface area contributed by atoms with Crippen LogP contribution in [0.3, 0.4) is 0 Å². The molecule has 0 spiro atoms. The van der Waals surface area contributed by atoms with Crippen LogP contribution in [0.2, 0.25) is 0 Å². The first-order valence-corrected chi connectivity index (χ1v) is 12.1. The van der Waals surface area contributed by atoms with Crippen molar-refractivity contribution < 1.29 is 9.84 Å². The second-order valence-electron chi connectivity index (χ2n) is 9.14. The van der Waals surface area contributed by atoms with Crippen molar-refractivity contribution in [2.75, 3.05) is 39.8 Å². The van der Waals surface area contributed by atoms with E-state index in [-0.39, 0.29) is 0 Å². The first kappa shape index (κ1) is 22.7. The first-order chi connectivity index (χ1) is 16.7. The normalized spacial score (nSPS) is 16.1. The number of methoxy groups -OCH3 is 1. The number of benzene rings is 3. The van der Waals surface area contributed by atoms with Gasteiger partial charge in [-0.2, -0.15) is 0 Å². The maximum absolute atomic E-state index is 11.1. The van der Waals surface area contributed by atoms with Gasteiger partial charge in [0.2, 0.25) is 0 Å². The van der Waals surface area contributed by atoms with Crippen LogP contribution in [-0.4, -0.2) is 65.4 Å². The molecule has 34 heavy (non-hydrogen) atoms. The Hall–Kier alpha value is -3.12. The minimum atomic E-state index is -0.437. The van der Waals surface area contributed by atoms with E-state index >= 15 is 0 Å². The van der Waals surface area contributed by atoms with E-state index in [4.69, 9.17) is 4.74 Å². The SMILES string of the molecule is COc1ccc(-c2cc3ccccc3n2C[C@H](O)CN2CCN(Cc3ccccc3)CC2)cc1. The van der Waals surface area contributed by atoms with Gasteiger partial charge in [0.05, 0.1) is 19.8 Å². The number of rotatable bonds is 8.